The topological polar surface area (TPSA) is 61.4 Å². The zero-order valence-electron chi connectivity index (χ0n) is 11.4. The second-order valence-electron chi connectivity index (χ2n) is 4.60. The minimum absolute atomic E-state index is 0.251. The van der Waals surface area contributed by atoms with Gasteiger partial charge < -0.3 is 15.7 Å². The average Bonchev–Trinajstić information content (AvgIpc) is 2.42. The molecule has 0 aliphatic rings. The minimum atomic E-state index is -0.826. The van der Waals surface area contributed by atoms with Crippen LogP contribution in [-0.4, -0.2) is 23.3 Å². The zero-order valence-corrected chi connectivity index (χ0v) is 12.1. The molecular weight excluding hydrogens is 264 g/mol. The molecule has 3 N–H and O–H groups in total. The number of carbonyl (C=O) groups excluding carboxylic acids is 1. The summed E-state index contributed by atoms with van der Waals surface area (Å²) in [6.45, 7) is 4.45. The molecule has 0 aromatic heterocycles. The summed E-state index contributed by atoms with van der Waals surface area (Å²) >= 11 is 5.86. The van der Waals surface area contributed by atoms with Crippen molar-refractivity contribution >= 4 is 17.6 Å². The van der Waals surface area contributed by atoms with Crippen LogP contribution in [0.2, 0.25) is 5.02 Å². The van der Waals surface area contributed by atoms with Gasteiger partial charge in [0.2, 0.25) is 0 Å². The van der Waals surface area contributed by atoms with Crippen LogP contribution in [0, 0.1) is 0 Å². The third-order valence-corrected chi connectivity index (χ3v) is 3.47. The lowest BCUT2D eigenvalue weighted by atomic mass is 9.98. The van der Waals surface area contributed by atoms with E-state index >= 15 is 0 Å². The summed E-state index contributed by atoms with van der Waals surface area (Å²) in [7, 11) is 0. The van der Waals surface area contributed by atoms with Gasteiger partial charge in [0.25, 0.3) is 0 Å². The monoisotopic (exact) mass is 284 g/mol. The van der Waals surface area contributed by atoms with Crippen LogP contribution in [0.5, 0.6) is 0 Å². The summed E-state index contributed by atoms with van der Waals surface area (Å²) in [5, 5.41) is 16.1. The quantitative estimate of drug-likeness (QED) is 0.752. The van der Waals surface area contributed by atoms with Crippen LogP contribution in [0.15, 0.2) is 24.3 Å². The zero-order chi connectivity index (χ0) is 14.3. The average molecular weight is 285 g/mol. The largest absolute Gasteiger partial charge is 0.388 e. The predicted molar refractivity (Wildman–Crippen MR) is 77.2 cm³/mol. The minimum Gasteiger partial charge on any atom is -0.388 e. The van der Waals surface area contributed by atoms with E-state index in [1.807, 2.05) is 26.0 Å². The van der Waals surface area contributed by atoms with Crippen LogP contribution in [-0.2, 0) is 6.54 Å². The summed E-state index contributed by atoms with van der Waals surface area (Å²) in [5.41, 5.74) is 0.108. The number of rotatable bonds is 6. The van der Waals surface area contributed by atoms with E-state index in [1.54, 1.807) is 12.1 Å². The van der Waals surface area contributed by atoms with Crippen LogP contribution in [0.25, 0.3) is 0 Å². The number of amides is 2. The maximum atomic E-state index is 11.6. The maximum Gasteiger partial charge on any atom is 0.315 e. The van der Waals surface area contributed by atoms with Crippen molar-refractivity contribution < 1.29 is 9.90 Å². The highest BCUT2D eigenvalue weighted by Crippen LogP contribution is 2.13. The van der Waals surface area contributed by atoms with Crippen LogP contribution in [0.4, 0.5) is 4.79 Å². The number of carbonyl (C=O) groups is 1. The first-order valence-corrected chi connectivity index (χ1v) is 6.85. The molecule has 1 aromatic carbocycles. The smallest absolute Gasteiger partial charge is 0.315 e. The van der Waals surface area contributed by atoms with Crippen LogP contribution >= 0.6 is 11.6 Å². The Morgan fingerprint density at radius 3 is 2.58 bits per heavy atom. The molecule has 1 aromatic rings. The number of halogens is 1. The SMILES string of the molecule is CCC(O)(CC)CNC(=O)NCc1cccc(Cl)c1. The molecule has 19 heavy (non-hydrogen) atoms. The molecule has 0 aliphatic carbocycles. The predicted octanol–water partition coefficient (Wildman–Crippen LogP) is 2.69. The van der Waals surface area contributed by atoms with Crippen LogP contribution < -0.4 is 10.6 Å². The van der Waals surface area contributed by atoms with Gasteiger partial charge in [-0.25, -0.2) is 4.79 Å². The molecule has 0 heterocycles. The summed E-state index contributed by atoms with van der Waals surface area (Å²) in [6, 6.07) is 7.02. The van der Waals surface area contributed by atoms with E-state index in [2.05, 4.69) is 10.6 Å². The van der Waals surface area contributed by atoms with E-state index < -0.39 is 5.60 Å². The molecule has 0 bridgehead atoms. The van der Waals surface area contributed by atoms with E-state index in [0.717, 1.165) is 5.56 Å². The van der Waals surface area contributed by atoms with Crippen molar-refractivity contribution in [2.45, 2.75) is 38.8 Å². The highest BCUT2D eigenvalue weighted by Gasteiger charge is 2.22. The van der Waals surface area contributed by atoms with E-state index in [9.17, 15) is 9.90 Å². The second kappa shape index (κ2) is 7.36. The number of benzene rings is 1. The Labute approximate surface area is 119 Å². The number of hydrogen-bond donors (Lipinski definition) is 3. The van der Waals surface area contributed by atoms with Crippen molar-refractivity contribution in [1.29, 1.82) is 0 Å². The lowest BCUT2D eigenvalue weighted by Gasteiger charge is -2.25. The van der Waals surface area contributed by atoms with E-state index in [1.165, 1.54) is 0 Å². The molecular formula is C14H21ClN2O2. The molecule has 5 heteroatoms. The van der Waals surface area contributed by atoms with Crippen LogP contribution in [0.1, 0.15) is 32.3 Å². The van der Waals surface area contributed by atoms with Gasteiger partial charge in [-0.05, 0) is 30.5 Å². The number of urea groups is 1. The molecule has 0 radical (unpaired) electrons. The fourth-order valence-corrected chi connectivity index (χ4v) is 1.85. The molecule has 0 saturated carbocycles. The normalized spacial score (nSPS) is 11.2. The van der Waals surface area contributed by atoms with Gasteiger partial charge in [-0.2, -0.15) is 0 Å². The number of aliphatic hydroxyl groups is 1. The molecule has 0 atom stereocenters. The Bertz CT molecular complexity index is 420. The molecule has 0 fully saturated rings. The highest BCUT2D eigenvalue weighted by molar-refractivity contribution is 6.30. The second-order valence-corrected chi connectivity index (χ2v) is 5.03. The standard InChI is InChI=1S/C14H21ClN2O2/c1-3-14(19,4-2)10-17-13(18)16-9-11-6-5-7-12(15)8-11/h5-8,19H,3-4,9-10H2,1-2H3,(H2,16,17,18). The van der Waals surface area contributed by atoms with E-state index in [-0.39, 0.29) is 12.6 Å². The van der Waals surface area contributed by atoms with Gasteiger partial charge in [0.1, 0.15) is 0 Å². The van der Waals surface area contributed by atoms with Gasteiger partial charge in [0, 0.05) is 18.1 Å². The molecule has 0 aliphatic heterocycles. The fourth-order valence-electron chi connectivity index (χ4n) is 1.64. The summed E-state index contributed by atoms with van der Waals surface area (Å²) < 4.78 is 0. The van der Waals surface area contributed by atoms with Crippen molar-refractivity contribution in [2.24, 2.45) is 0 Å². The van der Waals surface area contributed by atoms with Crippen LogP contribution in [0.3, 0.4) is 0 Å². The molecule has 2 amide bonds. The highest BCUT2D eigenvalue weighted by atomic mass is 35.5. The van der Waals surface area contributed by atoms with Crippen molar-refractivity contribution in [2.75, 3.05) is 6.54 Å². The Morgan fingerprint density at radius 1 is 1.32 bits per heavy atom. The van der Waals surface area contributed by atoms with E-state index in [4.69, 9.17) is 11.6 Å². The third-order valence-electron chi connectivity index (χ3n) is 3.24. The molecule has 4 nitrogen and oxygen atoms in total. The Hall–Kier alpha value is -1.26. The van der Waals surface area contributed by atoms with E-state index in [0.29, 0.717) is 24.4 Å². The van der Waals surface area contributed by atoms with Gasteiger partial charge in [0.05, 0.1) is 5.60 Å². The molecule has 0 unspecified atom stereocenters. The molecule has 0 saturated heterocycles. The van der Waals surface area contributed by atoms with Gasteiger partial charge in [-0.3, -0.25) is 0 Å². The number of nitrogens with one attached hydrogen (secondary N) is 2. The lowest BCUT2D eigenvalue weighted by Crippen LogP contribution is -2.45. The molecule has 106 valence electrons. The molecule has 1 rings (SSSR count). The first-order valence-electron chi connectivity index (χ1n) is 6.47. The van der Waals surface area contributed by atoms with Crippen molar-refractivity contribution in [3.8, 4) is 0 Å². The maximum absolute atomic E-state index is 11.6. The Balaban J connectivity index is 2.36. The van der Waals surface area contributed by atoms with Gasteiger partial charge in [-0.15, -0.1) is 0 Å². The van der Waals surface area contributed by atoms with Crippen molar-refractivity contribution in [3.63, 3.8) is 0 Å². The first kappa shape index (κ1) is 15.8. The number of hydrogen-bond acceptors (Lipinski definition) is 2. The van der Waals surface area contributed by atoms with Gasteiger partial charge in [0.15, 0.2) is 0 Å². The molecule has 0 spiro atoms. The summed E-state index contributed by atoms with van der Waals surface area (Å²) in [6.07, 6.45) is 1.22. The summed E-state index contributed by atoms with van der Waals surface area (Å²) in [4.78, 5) is 11.6. The Morgan fingerprint density at radius 2 is 2.00 bits per heavy atom. The third kappa shape index (κ3) is 5.49. The van der Waals surface area contributed by atoms with Crippen molar-refractivity contribution in [3.05, 3.63) is 34.9 Å². The van der Waals surface area contributed by atoms with Crippen molar-refractivity contribution in [1.82, 2.24) is 10.6 Å². The van der Waals surface area contributed by atoms with Gasteiger partial charge in [-0.1, -0.05) is 37.6 Å². The lowest BCUT2D eigenvalue weighted by molar-refractivity contribution is 0.0349. The first-order chi connectivity index (χ1) is 8.99. The van der Waals surface area contributed by atoms with Gasteiger partial charge >= 0.3 is 6.03 Å². The fraction of sp³-hybridized carbons (Fsp3) is 0.500. The summed E-state index contributed by atoms with van der Waals surface area (Å²) in [5.74, 6) is 0. The Kier molecular flexibility index (Phi) is 6.12.